The van der Waals surface area contributed by atoms with Crippen molar-refractivity contribution in [3.63, 3.8) is 0 Å². The summed E-state index contributed by atoms with van der Waals surface area (Å²) < 4.78 is 0. The van der Waals surface area contributed by atoms with Crippen molar-refractivity contribution in [2.45, 2.75) is 32.7 Å². The van der Waals surface area contributed by atoms with Crippen LogP contribution in [0.2, 0.25) is 0 Å². The van der Waals surface area contributed by atoms with Crippen LogP contribution >= 0.6 is 0 Å². The zero-order chi connectivity index (χ0) is 18.9. The Morgan fingerprint density at radius 2 is 1.96 bits per heavy atom. The Bertz CT molecular complexity index is 640. The summed E-state index contributed by atoms with van der Waals surface area (Å²) in [5.74, 6) is 0.813. The molecule has 0 bridgehead atoms. The van der Waals surface area contributed by atoms with E-state index in [0.717, 1.165) is 37.2 Å². The maximum atomic E-state index is 11.8. The number of carbonyl (C=O) groups excluding carboxylic acids is 2. The smallest absolute Gasteiger partial charge is 0.241 e. The van der Waals surface area contributed by atoms with Gasteiger partial charge in [0.1, 0.15) is 0 Å². The second-order valence-electron chi connectivity index (χ2n) is 6.55. The molecule has 2 amide bonds. The lowest BCUT2D eigenvalue weighted by Crippen LogP contribution is -2.43. The highest BCUT2D eigenvalue weighted by Crippen LogP contribution is 2.21. The third kappa shape index (κ3) is 5.75. The Hall–Kier alpha value is -2.57. The van der Waals surface area contributed by atoms with E-state index in [0.29, 0.717) is 18.9 Å². The highest BCUT2D eigenvalue weighted by molar-refractivity contribution is 5.95. The van der Waals surface area contributed by atoms with Crippen LogP contribution in [0.15, 0.2) is 29.3 Å². The maximum Gasteiger partial charge on any atom is 0.241 e. The molecule has 0 unspecified atom stereocenters. The predicted octanol–water partition coefficient (Wildman–Crippen LogP) is 1.35. The van der Waals surface area contributed by atoms with E-state index in [1.807, 2.05) is 29.2 Å². The van der Waals surface area contributed by atoms with Crippen molar-refractivity contribution < 1.29 is 9.59 Å². The third-order valence-corrected chi connectivity index (χ3v) is 4.19. The third-order valence-electron chi connectivity index (χ3n) is 4.19. The zero-order valence-corrected chi connectivity index (χ0v) is 15.9. The van der Waals surface area contributed by atoms with Crippen LogP contribution in [0.1, 0.15) is 31.7 Å². The van der Waals surface area contributed by atoms with Crippen LogP contribution < -0.4 is 15.5 Å². The quantitative estimate of drug-likeness (QED) is 0.569. The molecule has 1 aliphatic heterocycles. The molecule has 0 spiro atoms. The van der Waals surface area contributed by atoms with Crippen LogP contribution in [-0.2, 0) is 16.1 Å². The molecule has 1 aromatic rings. The molecule has 0 atom stereocenters. The summed E-state index contributed by atoms with van der Waals surface area (Å²) in [4.78, 5) is 31.5. The van der Waals surface area contributed by atoms with Crippen LogP contribution in [0.25, 0.3) is 0 Å². The lowest BCUT2D eigenvalue weighted by atomic mass is 10.2. The average molecular weight is 359 g/mol. The number of likely N-dealkylation sites (N-methyl/N-ethyl adjacent to an activating group) is 1. The van der Waals surface area contributed by atoms with Crippen LogP contribution in [0.3, 0.4) is 0 Å². The van der Waals surface area contributed by atoms with Crippen molar-refractivity contribution in [3.8, 4) is 0 Å². The largest absolute Gasteiger partial charge is 0.356 e. The van der Waals surface area contributed by atoms with E-state index in [2.05, 4.69) is 22.5 Å². The molecule has 0 saturated carbocycles. The van der Waals surface area contributed by atoms with Gasteiger partial charge in [-0.3, -0.25) is 9.59 Å². The molecule has 1 aromatic carbocycles. The molecule has 1 heterocycles. The summed E-state index contributed by atoms with van der Waals surface area (Å²) in [6.07, 6.45) is 2.53. The molecular weight excluding hydrogens is 330 g/mol. The number of aliphatic imine (C=N–C) groups is 1. The first-order chi connectivity index (χ1) is 12.5. The van der Waals surface area contributed by atoms with E-state index in [1.165, 1.54) is 0 Å². The minimum absolute atomic E-state index is 0.00404. The number of hydrogen-bond acceptors (Lipinski definition) is 3. The number of carbonyl (C=O) groups is 2. The molecule has 1 fully saturated rings. The SMILES string of the molecule is CCCNC(=NCc1ccc(N2CCCC2=O)cc1)NCC(=O)N(C)C. The summed E-state index contributed by atoms with van der Waals surface area (Å²) in [5, 5.41) is 6.27. The fourth-order valence-electron chi connectivity index (χ4n) is 2.61. The summed E-state index contributed by atoms with van der Waals surface area (Å²) in [6, 6.07) is 7.92. The van der Waals surface area contributed by atoms with Crippen LogP contribution in [0.5, 0.6) is 0 Å². The predicted molar refractivity (Wildman–Crippen MR) is 104 cm³/mol. The van der Waals surface area contributed by atoms with Gasteiger partial charge in [-0.15, -0.1) is 0 Å². The summed E-state index contributed by atoms with van der Waals surface area (Å²) >= 11 is 0. The molecule has 1 aliphatic rings. The molecular formula is C19H29N5O2. The Balaban J connectivity index is 1.96. The van der Waals surface area contributed by atoms with Gasteiger partial charge in [0.05, 0.1) is 13.1 Å². The number of anilines is 1. The summed E-state index contributed by atoms with van der Waals surface area (Å²) in [5.41, 5.74) is 2.00. The number of guanidine groups is 1. The van der Waals surface area contributed by atoms with Crippen molar-refractivity contribution in [3.05, 3.63) is 29.8 Å². The Morgan fingerprint density at radius 3 is 2.54 bits per heavy atom. The van der Waals surface area contributed by atoms with E-state index in [4.69, 9.17) is 0 Å². The van der Waals surface area contributed by atoms with Gasteiger partial charge in [0, 0.05) is 39.3 Å². The number of nitrogens with zero attached hydrogens (tertiary/aromatic N) is 3. The second kappa shape index (κ2) is 9.79. The number of rotatable bonds is 7. The first-order valence-corrected chi connectivity index (χ1v) is 9.13. The molecule has 0 aromatic heterocycles. The Morgan fingerprint density at radius 1 is 1.23 bits per heavy atom. The fourth-order valence-corrected chi connectivity index (χ4v) is 2.61. The van der Waals surface area contributed by atoms with E-state index in [-0.39, 0.29) is 18.4 Å². The molecule has 7 nitrogen and oxygen atoms in total. The van der Waals surface area contributed by atoms with Gasteiger partial charge < -0.3 is 20.4 Å². The molecule has 2 rings (SSSR count). The highest BCUT2D eigenvalue weighted by Gasteiger charge is 2.21. The monoisotopic (exact) mass is 359 g/mol. The highest BCUT2D eigenvalue weighted by atomic mass is 16.2. The van der Waals surface area contributed by atoms with Crippen LogP contribution in [0, 0.1) is 0 Å². The van der Waals surface area contributed by atoms with Gasteiger partial charge in [-0.2, -0.15) is 0 Å². The fraction of sp³-hybridized carbons (Fsp3) is 0.526. The molecule has 142 valence electrons. The maximum absolute atomic E-state index is 11.8. The first kappa shape index (κ1) is 19.8. The Labute approximate surface area is 155 Å². The molecule has 2 N–H and O–H groups in total. The van der Waals surface area contributed by atoms with Crippen molar-refractivity contribution in [1.29, 1.82) is 0 Å². The van der Waals surface area contributed by atoms with E-state index >= 15 is 0 Å². The van der Waals surface area contributed by atoms with Crippen molar-refractivity contribution >= 4 is 23.5 Å². The van der Waals surface area contributed by atoms with Gasteiger partial charge in [0.25, 0.3) is 0 Å². The van der Waals surface area contributed by atoms with Crippen molar-refractivity contribution in [1.82, 2.24) is 15.5 Å². The average Bonchev–Trinajstić information content (AvgIpc) is 3.07. The standard InChI is InChI=1S/C19H29N5O2/c1-4-11-20-19(22-14-18(26)23(2)3)21-13-15-7-9-16(10-8-15)24-12-5-6-17(24)25/h7-10H,4-6,11-14H2,1-3H3,(H2,20,21,22). The number of amides is 2. The van der Waals surface area contributed by atoms with Crippen LogP contribution in [-0.4, -0.2) is 56.4 Å². The van der Waals surface area contributed by atoms with Crippen molar-refractivity contribution in [2.75, 3.05) is 38.6 Å². The topological polar surface area (TPSA) is 77.0 Å². The Kier molecular flexibility index (Phi) is 7.44. The van der Waals surface area contributed by atoms with Gasteiger partial charge in [0.2, 0.25) is 11.8 Å². The van der Waals surface area contributed by atoms with Gasteiger partial charge in [0.15, 0.2) is 5.96 Å². The summed E-state index contributed by atoms with van der Waals surface area (Å²) in [6.45, 7) is 4.37. The number of benzene rings is 1. The molecule has 7 heteroatoms. The first-order valence-electron chi connectivity index (χ1n) is 9.13. The molecule has 0 radical (unpaired) electrons. The van der Waals surface area contributed by atoms with E-state index < -0.39 is 0 Å². The van der Waals surface area contributed by atoms with Gasteiger partial charge in [-0.25, -0.2) is 4.99 Å². The number of nitrogens with one attached hydrogen (secondary N) is 2. The summed E-state index contributed by atoms with van der Waals surface area (Å²) in [7, 11) is 3.46. The molecule has 26 heavy (non-hydrogen) atoms. The minimum atomic E-state index is -0.00404. The lowest BCUT2D eigenvalue weighted by molar-refractivity contribution is -0.127. The van der Waals surface area contributed by atoms with Crippen molar-refractivity contribution in [2.24, 2.45) is 4.99 Å². The molecule has 1 saturated heterocycles. The van der Waals surface area contributed by atoms with E-state index in [1.54, 1.807) is 19.0 Å². The lowest BCUT2D eigenvalue weighted by Gasteiger charge is -2.16. The zero-order valence-electron chi connectivity index (χ0n) is 15.9. The van der Waals surface area contributed by atoms with Gasteiger partial charge in [-0.1, -0.05) is 19.1 Å². The molecule has 0 aliphatic carbocycles. The van der Waals surface area contributed by atoms with Crippen LogP contribution in [0.4, 0.5) is 5.69 Å². The number of hydrogen-bond donors (Lipinski definition) is 2. The second-order valence-corrected chi connectivity index (χ2v) is 6.55. The van der Waals surface area contributed by atoms with Gasteiger partial charge in [-0.05, 0) is 30.5 Å². The van der Waals surface area contributed by atoms with Gasteiger partial charge >= 0.3 is 0 Å². The normalized spacial score (nSPS) is 14.5. The van der Waals surface area contributed by atoms with E-state index in [9.17, 15) is 9.59 Å². The minimum Gasteiger partial charge on any atom is -0.356 e.